The van der Waals surface area contributed by atoms with E-state index in [0.29, 0.717) is 22.0 Å². The first-order chi connectivity index (χ1) is 13.5. The van der Waals surface area contributed by atoms with E-state index < -0.39 is 11.9 Å². The summed E-state index contributed by atoms with van der Waals surface area (Å²) in [5.74, 6) is -1.89. The monoisotopic (exact) mass is 399 g/mol. The van der Waals surface area contributed by atoms with Crippen molar-refractivity contribution in [3.8, 4) is 16.3 Å². The highest BCUT2D eigenvalue weighted by Gasteiger charge is 2.24. The molecular weight excluding hydrogens is 381 g/mol. The molecule has 0 aliphatic rings. The van der Waals surface area contributed by atoms with Crippen molar-refractivity contribution in [1.82, 2.24) is 4.98 Å². The van der Waals surface area contributed by atoms with Crippen LogP contribution in [0.1, 0.15) is 23.6 Å². The number of ether oxygens (including phenoxy) is 1. The van der Waals surface area contributed by atoms with Gasteiger partial charge in [0, 0.05) is 23.8 Å². The molecule has 1 aromatic heterocycles. The van der Waals surface area contributed by atoms with Gasteiger partial charge in [-0.15, -0.1) is 11.3 Å². The first-order valence-electron chi connectivity index (χ1n) is 8.55. The standard InChI is InChI=1S/C21H18FNO4S/c1-27-18-8-4-13(5-9-18)19(21(25)26)11-17(24)10-16-12-28-20(23-16)14-2-6-15(22)7-3-14/h2-9,12,19H,10-11H2,1H3,(H,25,26). The van der Waals surface area contributed by atoms with Crippen molar-refractivity contribution in [2.24, 2.45) is 0 Å². The Balaban J connectivity index is 1.68. The molecule has 0 fully saturated rings. The van der Waals surface area contributed by atoms with Gasteiger partial charge in [0.15, 0.2) is 0 Å². The number of carbonyl (C=O) groups is 2. The third kappa shape index (κ3) is 4.80. The van der Waals surface area contributed by atoms with Crippen molar-refractivity contribution in [1.29, 1.82) is 0 Å². The Hall–Kier alpha value is -3.06. The first-order valence-corrected chi connectivity index (χ1v) is 9.43. The van der Waals surface area contributed by atoms with Crippen LogP contribution in [0, 0.1) is 5.82 Å². The summed E-state index contributed by atoms with van der Waals surface area (Å²) >= 11 is 1.36. The highest BCUT2D eigenvalue weighted by Crippen LogP contribution is 2.26. The number of hydrogen-bond donors (Lipinski definition) is 1. The Morgan fingerprint density at radius 2 is 1.82 bits per heavy atom. The molecule has 3 rings (SSSR count). The summed E-state index contributed by atoms with van der Waals surface area (Å²) in [6, 6.07) is 12.6. The molecule has 1 heterocycles. The van der Waals surface area contributed by atoms with Gasteiger partial charge in [0.05, 0.1) is 18.7 Å². The van der Waals surface area contributed by atoms with Crippen LogP contribution in [0.15, 0.2) is 53.9 Å². The lowest BCUT2D eigenvalue weighted by Gasteiger charge is -2.12. The number of nitrogens with zero attached hydrogens (tertiary/aromatic N) is 1. The summed E-state index contributed by atoms with van der Waals surface area (Å²) < 4.78 is 18.1. The summed E-state index contributed by atoms with van der Waals surface area (Å²) in [4.78, 5) is 28.5. The number of carbonyl (C=O) groups excluding carboxylic acids is 1. The second kappa shape index (κ2) is 8.75. The molecule has 0 aliphatic carbocycles. The van der Waals surface area contributed by atoms with Crippen LogP contribution < -0.4 is 4.74 Å². The number of aliphatic carboxylic acids is 1. The van der Waals surface area contributed by atoms with E-state index in [1.54, 1.807) is 41.8 Å². The van der Waals surface area contributed by atoms with Crippen LogP contribution in [0.5, 0.6) is 5.75 Å². The number of hydrogen-bond acceptors (Lipinski definition) is 5. The Morgan fingerprint density at radius 3 is 2.43 bits per heavy atom. The minimum Gasteiger partial charge on any atom is -0.497 e. The molecule has 0 radical (unpaired) electrons. The molecule has 144 valence electrons. The molecule has 1 N–H and O–H groups in total. The Kier molecular flexibility index (Phi) is 6.16. The number of rotatable bonds is 8. The van der Waals surface area contributed by atoms with Crippen molar-refractivity contribution < 1.29 is 23.8 Å². The number of carboxylic acids is 1. The molecule has 3 aromatic rings. The summed E-state index contributed by atoms with van der Waals surface area (Å²) in [7, 11) is 1.53. The highest BCUT2D eigenvalue weighted by atomic mass is 32.1. The predicted molar refractivity (Wildman–Crippen MR) is 104 cm³/mol. The van der Waals surface area contributed by atoms with Crippen molar-refractivity contribution >= 4 is 23.1 Å². The lowest BCUT2D eigenvalue weighted by atomic mass is 9.92. The van der Waals surface area contributed by atoms with Gasteiger partial charge in [-0.2, -0.15) is 0 Å². The number of thiazole rings is 1. The van der Waals surface area contributed by atoms with Crippen LogP contribution >= 0.6 is 11.3 Å². The van der Waals surface area contributed by atoms with Crippen molar-refractivity contribution in [2.75, 3.05) is 7.11 Å². The van der Waals surface area contributed by atoms with Gasteiger partial charge in [-0.25, -0.2) is 9.37 Å². The van der Waals surface area contributed by atoms with E-state index in [1.807, 2.05) is 0 Å². The topological polar surface area (TPSA) is 76.5 Å². The molecule has 7 heteroatoms. The van der Waals surface area contributed by atoms with Crippen LogP contribution in [0.4, 0.5) is 4.39 Å². The predicted octanol–water partition coefficient (Wildman–Crippen LogP) is 4.33. The lowest BCUT2D eigenvalue weighted by Crippen LogP contribution is -2.17. The largest absolute Gasteiger partial charge is 0.497 e. The van der Waals surface area contributed by atoms with Crippen LogP contribution in [0.25, 0.3) is 10.6 Å². The zero-order valence-corrected chi connectivity index (χ0v) is 15.9. The number of halogens is 1. The van der Waals surface area contributed by atoms with E-state index in [0.717, 1.165) is 5.56 Å². The summed E-state index contributed by atoms with van der Waals surface area (Å²) in [6.07, 6.45) is -0.0668. The molecule has 0 bridgehead atoms. The van der Waals surface area contributed by atoms with E-state index >= 15 is 0 Å². The number of Topliss-reactive ketones (excluding diaryl/α,β-unsaturated/α-hetero) is 1. The fourth-order valence-electron chi connectivity index (χ4n) is 2.80. The van der Waals surface area contributed by atoms with E-state index in [-0.39, 0.29) is 24.4 Å². The Labute approximate surface area is 165 Å². The molecule has 0 spiro atoms. The van der Waals surface area contributed by atoms with Gasteiger partial charge < -0.3 is 9.84 Å². The second-order valence-corrected chi connectivity index (χ2v) is 7.09. The van der Waals surface area contributed by atoms with Crippen LogP contribution in [-0.2, 0) is 16.0 Å². The fourth-order valence-corrected chi connectivity index (χ4v) is 3.62. The Bertz CT molecular complexity index is 967. The smallest absolute Gasteiger partial charge is 0.311 e. The van der Waals surface area contributed by atoms with Gasteiger partial charge in [-0.1, -0.05) is 12.1 Å². The molecule has 1 atom stereocenters. The summed E-state index contributed by atoms with van der Waals surface area (Å²) in [6.45, 7) is 0. The third-order valence-electron chi connectivity index (χ3n) is 4.27. The normalized spacial score (nSPS) is 11.8. The lowest BCUT2D eigenvalue weighted by molar-refractivity contribution is -0.140. The van der Waals surface area contributed by atoms with Crippen LogP contribution in [-0.4, -0.2) is 29.0 Å². The van der Waals surface area contributed by atoms with E-state index in [4.69, 9.17) is 4.74 Å². The zero-order valence-electron chi connectivity index (χ0n) is 15.1. The average Bonchev–Trinajstić information content (AvgIpc) is 3.15. The van der Waals surface area contributed by atoms with Crippen LogP contribution in [0.2, 0.25) is 0 Å². The highest BCUT2D eigenvalue weighted by molar-refractivity contribution is 7.13. The minimum absolute atomic E-state index is 0.0532. The maximum Gasteiger partial charge on any atom is 0.311 e. The number of methoxy groups -OCH3 is 1. The van der Waals surface area contributed by atoms with E-state index in [1.165, 1.54) is 30.6 Å². The summed E-state index contributed by atoms with van der Waals surface area (Å²) in [5.41, 5.74) is 1.90. The fraction of sp³-hybridized carbons (Fsp3) is 0.190. The minimum atomic E-state index is -1.05. The number of aromatic nitrogens is 1. The van der Waals surface area contributed by atoms with E-state index in [9.17, 15) is 19.1 Å². The van der Waals surface area contributed by atoms with Gasteiger partial charge in [0.25, 0.3) is 0 Å². The molecular formula is C21H18FNO4S. The molecule has 0 aliphatic heterocycles. The van der Waals surface area contributed by atoms with Gasteiger partial charge in [0.2, 0.25) is 0 Å². The number of benzene rings is 2. The zero-order chi connectivity index (χ0) is 20.1. The van der Waals surface area contributed by atoms with Gasteiger partial charge in [-0.3, -0.25) is 9.59 Å². The summed E-state index contributed by atoms with van der Waals surface area (Å²) in [5, 5.41) is 12.0. The first kappa shape index (κ1) is 19.7. The van der Waals surface area contributed by atoms with Crippen LogP contribution in [0.3, 0.4) is 0 Å². The molecule has 0 saturated heterocycles. The van der Waals surface area contributed by atoms with Crippen molar-refractivity contribution in [3.05, 3.63) is 71.0 Å². The quantitative estimate of drug-likeness (QED) is 0.610. The third-order valence-corrected chi connectivity index (χ3v) is 5.21. The Morgan fingerprint density at radius 1 is 1.14 bits per heavy atom. The van der Waals surface area contributed by atoms with Gasteiger partial charge >= 0.3 is 5.97 Å². The van der Waals surface area contributed by atoms with Crippen molar-refractivity contribution in [3.63, 3.8) is 0 Å². The molecule has 2 aromatic carbocycles. The maximum atomic E-state index is 13.0. The van der Waals surface area contributed by atoms with Crippen molar-refractivity contribution in [2.45, 2.75) is 18.8 Å². The molecule has 0 amide bonds. The molecule has 1 unspecified atom stereocenters. The molecule has 0 saturated carbocycles. The van der Waals surface area contributed by atoms with Gasteiger partial charge in [0.1, 0.15) is 22.4 Å². The number of ketones is 1. The molecule has 28 heavy (non-hydrogen) atoms. The molecule has 5 nitrogen and oxygen atoms in total. The van der Waals surface area contributed by atoms with E-state index in [2.05, 4.69) is 4.98 Å². The average molecular weight is 399 g/mol. The SMILES string of the molecule is COc1ccc(C(CC(=O)Cc2csc(-c3ccc(F)cc3)n2)C(=O)O)cc1. The van der Waals surface area contributed by atoms with Gasteiger partial charge in [-0.05, 0) is 42.0 Å². The number of carboxylic acid groups (broad SMARTS) is 1. The maximum absolute atomic E-state index is 13.0. The second-order valence-electron chi connectivity index (χ2n) is 6.23.